The Morgan fingerprint density at radius 2 is 1.74 bits per heavy atom. The zero-order valence-electron chi connectivity index (χ0n) is 19.5. The van der Waals surface area contributed by atoms with Gasteiger partial charge >= 0.3 is 0 Å². The molecule has 1 unspecified atom stereocenters. The van der Waals surface area contributed by atoms with Crippen molar-refractivity contribution in [1.82, 2.24) is 5.32 Å². The van der Waals surface area contributed by atoms with E-state index in [9.17, 15) is 35.2 Å². The van der Waals surface area contributed by atoms with E-state index in [1.54, 1.807) is 6.92 Å². The molecule has 1 atom stereocenters. The molecule has 1 amide bonds. The average molecular weight is 539 g/mol. The number of aliphatic imine (C=N–C) groups is 1. The Bertz CT molecular complexity index is 1540. The number of nitrogens with one attached hydrogen (secondary N) is 3. The number of carbonyl (C=O) groups excluding carboxylic acids is 1. The fourth-order valence-corrected chi connectivity index (χ4v) is 3.99. The number of nitro benzene ring substituents is 2. The summed E-state index contributed by atoms with van der Waals surface area (Å²) in [7, 11) is 0. The molecule has 0 fully saturated rings. The van der Waals surface area contributed by atoms with Crippen molar-refractivity contribution >= 4 is 46.2 Å². The second kappa shape index (κ2) is 10.4. The Labute approximate surface area is 219 Å². The zero-order chi connectivity index (χ0) is 27.6. The molecule has 0 aromatic heterocycles. The summed E-state index contributed by atoms with van der Waals surface area (Å²) in [5, 5.41) is 50.9. The number of hydrogen-bond acceptors (Lipinski definition) is 10. The topological polar surface area (TPSA) is 192 Å². The van der Waals surface area contributed by atoms with Crippen molar-refractivity contribution in [1.29, 1.82) is 0 Å². The number of nitrogens with zero attached hydrogens (tertiary/aromatic N) is 3. The van der Waals surface area contributed by atoms with Crippen molar-refractivity contribution in [2.24, 2.45) is 4.99 Å². The quantitative estimate of drug-likeness (QED) is 0.220. The summed E-state index contributed by atoms with van der Waals surface area (Å²) in [6, 6.07) is 11.9. The molecule has 13 nitrogen and oxygen atoms in total. The van der Waals surface area contributed by atoms with E-state index in [0.717, 1.165) is 12.1 Å². The molecular formula is C24H19ClN6O7. The Kier molecular flexibility index (Phi) is 7.12. The van der Waals surface area contributed by atoms with Gasteiger partial charge in [0.25, 0.3) is 17.3 Å². The van der Waals surface area contributed by atoms with E-state index in [2.05, 4.69) is 20.9 Å². The Morgan fingerprint density at radius 1 is 1.03 bits per heavy atom. The van der Waals surface area contributed by atoms with Gasteiger partial charge in [-0.05, 0) is 31.2 Å². The minimum atomic E-state index is -1.09. The Balaban J connectivity index is 1.71. The van der Waals surface area contributed by atoms with Gasteiger partial charge in [0.1, 0.15) is 17.5 Å². The lowest BCUT2D eigenvalue weighted by Crippen LogP contribution is -2.37. The van der Waals surface area contributed by atoms with Gasteiger partial charge in [0.05, 0.1) is 26.1 Å². The fourth-order valence-electron chi connectivity index (χ4n) is 3.76. The molecule has 5 N–H and O–H groups in total. The summed E-state index contributed by atoms with van der Waals surface area (Å²) in [5.74, 6) is -1.07. The number of carbonyl (C=O) groups is 1. The van der Waals surface area contributed by atoms with Crippen molar-refractivity contribution < 1.29 is 24.9 Å². The predicted molar refractivity (Wildman–Crippen MR) is 139 cm³/mol. The van der Waals surface area contributed by atoms with Crippen LogP contribution in [0.1, 0.15) is 18.5 Å². The van der Waals surface area contributed by atoms with Crippen molar-refractivity contribution in [2.45, 2.75) is 13.0 Å². The van der Waals surface area contributed by atoms with E-state index < -0.39 is 21.8 Å². The van der Waals surface area contributed by atoms with Gasteiger partial charge in [-0.15, -0.1) is 0 Å². The number of phenols is 2. The standard InChI is InChI=1S/C24H19ClN6O7/c1-12-21(23(34)27-13-3-2-4-14(9-13)30(35)36)22(17-7-6-16(32)11-20(17)33)29-24(26-12)28-19-8-5-15(31(37)38)10-18(19)25/h2-11,22,32-33H,1H3,(H,27,34)(H2,26,28,29). The van der Waals surface area contributed by atoms with Gasteiger partial charge < -0.3 is 26.2 Å². The summed E-state index contributed by atoms with van der Waals surface area (Å²) in [6.45, 7) is 1.58. The normalized spacial score (nSPS) is 14.8. The molecule has 1 aliphatic heterocycles. The van der Waals surface area contributed by atoms with Crippen LogP contribution in [-0.2, 0) is 4.79 Å². The molecular weight excluding hydrogens is 520 g/mol. The summed E-state index contributed by atoms with van der Waals surface area (Å²) < 4.78 is 0. The molecule has 1 heterocycles. The number of nitro groups is 2. The monoisotopic (exact) mass is 538 g/mol. The van der Waals surface area contributed by atoms with Gasteiger partial charge in [0.15, 0.2) is 0 Å². The third-order valence-corrected chi connectivity index (χ3v) is 5.84. The largest absolute Gasteiger partial charge is 0.508 e. The maximum atomic E-state index is 13.4. The van der Waals surface area contributed by atoms with Crippen LogP contribution in [0.25, 0.3) is 0 Å². The highest BCUT2D eigenvalue weighted by Crippen LogP contribution is 2.38. The highest BCUT2D eigenvalue weighted by Gasteiger charge is 2.31. The number of rotatable bonds is 6. The van der Waals surface area contributed by atoms with Crippen LogP contribution in [0, 0.1) is 20.2 Å². The van der Waals surface area contributed by atoms with E-state index in [1.165, 1.54) is 48.5 Å². The van der Waals surface area contributed by atoms with Gasteiger partial charge in [-0.25, -0.2) is 4.99 Å². The molecule has 194 valence electrons. The molecule has 0 radical (unpaired) electrons. The highest BCUT2D eigenvalue weighted by atomic mass is 35.5. The summed E-state index contributed by atoms with van der Waals surface area (Å²) in [5.41, 5.74) is 0.619. The predicted octanol–water partition coefficient (Wildman–Crippen LogP) is 4.59. The van der Waals surface area contributed by atoms with Crippen LogP contribution in [-0.4, -0.2) is 31.9 Å². The summed E-state index contributed by atoms with van der Waals surface area (Å²) in [4.78, 5) is 38.8. The van der Waals surface area contributed by atoms with Crippen LogP contribution in [0.5, 0.6) is 11.5 Å². The van der Waals surface area contributed by atoms with Crippen molar-refractivity contribution in [3.05, 3.63) is 103 Å². The molecule has 3 aromatic carbocycles. The highest BCUT2D eigenvalue weighted by molar-refractivity contribution is 6.34. The van der Waals surface area contributed by atoms with Gasteiger partial charge in [0, 0.05) is 47.3 Å². The van der Waals surface area contributed by atoms with E-state index in [-0.39, 0.29) is 56.4 Å². The number of allylic oxidation sites excluding steroid dienone is 1. The molecule has 0 spiro atoms. The van der Waals surface area contributed by atoms with Gasteiger partial charge in [0.2, 0.25) is 5.96 Å². The summed E-state index contributed by atoms with van der Waals surface area (Å²) >= 11 is 6.19. The molecule has 0 aliphatic carbocycles. The maximum absolute atomic E-state index is 13.4. The molecule has 0 saturated heterocycles. The average Bonchev–Trinajstić information content (AvgIpc) is 2.85. The molecule has 3 aromatic rings. The third kappa shape index (κ3) is 5.47. The van der Waals surface area contributed by atoms with Crippen molar-refractivity contribution in [3.8, 4) is 11.5 Å². The lowest BCUT2D eigenvalue weighted by atomic mass is 9.94. The number of anilines is 2. The van der Waals surface area contributed by atoms with Crippen molar-refractivity contribution in [2.75, 3.05) is 10.6 Å². The lowest BCUT2D eigenvalue weighted by molar-refractivity contribution is -0.385. The lowest BCUT2D eigenvalue weighted by Gasteiger charge is -2.27. The fraction of sp³-hybridized carbons (Fsp3) is 0.0833. The van der Waals surface area contributed by atoms with E-state index >= 15 is 0 Å². The van der Waals surface area contributed by atoms with E-state index in [4.69, 9.17) is 11.6 Å². The number of benzene rings is 3. The Hall–Kier alpha value is -5.17. The first-order chi connectivity index (χ1) is 18.0. The van der Waals surface area contributed by atoms with Crippen LogP contribution in [0.3, 0.4) is 0 Å². The number of phenolic OH excluding ortho intramolecular Hbond substituents is 2. The molecule has 1 aliphatic rings. The van der Waals surface area contributed by atoms with Gasteiger partial charge in [-0.2, -0.15) is 0 Å². The van der Waals surface area contributed by atoms with E-state index in [0.29, 0.717) is 5.70 Å². The molecule has 4 rings (SSSR count). The molecule has 0 bridgehead atoms. The maximum Gasteiger partial charge on any atom is 0.271 e. The number of hydrogen-bond donors (Lipinski definition) is 5. The molecule has 38 heavy (non-hydrogen) atoms. The van der Waals surface area contributed by atoms with Crippen LogP contribution in [0.15, 0.2) is 76.9 Å². The molecule has 0 saturated carbocycles. The number of guanidine groups is 1. The number of amides is 1. The minimum absolute atomic E-state index is 0.0450. The van der Waals surface area contributed by atoms with Crippen LogP contribution in [0.2, 0.25) is 5.02 Å². The van der Waals surface area contributed by atoms with Crippen LogP contribution in [0.4, 0.5) is 22.7 Å². The van der Waals surface area contributed by atoms with Gasteiger partial charge in [-0.1, -0.05) is 17.7 Å². The first kappa shape index (κ1) is 25.9. The third-order valence-electron chi connectivity index (χ3n) is 5.53. The minimum Gasteiger partial charge on any atom is -0.508 e. The summed E-state index contributed by atoms with van der Waals surface area (Å²) in [6.07, 6.45) is 0. The first-order valence-electron chi connectivity index (χ1n) is 10.9. The zero-order valence-corrected chi connectivity index (χ0v) is 20.3. The smallest absolute Gasteiger partial charge is 0.271 e. The Morgan fingerprint density at radius 3 is 2.39 bits per heavy atom. The van der Waals surface area contributed by atoms with Crippen LogP contribution >= 0.6 is 11.6 Å². The van der Waals surface area contributed by atoms with E-state index in [1.807, 2.05) is 0 Å². The SMILES string of the molecule is CC1=C(C(=O)Nc2cccc([N+](=O)[O-])c2)C(c2ccc(O)cc2O)N=C(Nc2ccc([N+](=O)[O-])cc2Cl)N1. The second-order valence-corrected chi connectivity index (χ2v) is 8.50. The second-order valence-electron chi connectivity index (χ2n) is 8.09. The number of halogens is 1. The van der Waals surface area contributed by atoms with Gasteiger partial charge in [-0.3, -0.25) is 25.0 Å². The van der Waals surface area contributed by atoms with Crippen molar-refractivity contribution in [3.63, 3.8) is 0 Å². The molecule has 14 heteroatoms. The number of non-ortho nitro benzene ring substituents is 2. The first-order valence-corrected chi connectivity index (χ1v) is 11.3. The van der Waals surface area contributed by atoms with Crippen LogP contribution < -0.4 is 16.0 Å². The number of aromatic hydroxyl groups is 2.